The highest BCUT2D eigenvalue weighted by atomic mass is 32.1. The Bertz CT molecular complexity index is 527. The third-order valence-electron chi connectivity index (χ3n) is 3.71. The van der Waals surface area contributed by atoms with Crippen LogP contribution in [0.1, 0.15) is 36.5 Å². The summed E-state index contributed by atoms with van der Waals surface area (Å²) in [7, 11) is 0. The summed E-state index contributed by atoms with van der Waals surface area (Å²) in [6.45, 7) is 3.57. The van der Waals surface area contributed by atoms with Crippen LogP contribution < -0.4 is 11.1 Å². The van der Waals surface area contributed by atoms with Gasteiger partial charge in [0.2, 0.25) is 5.91 Å². The zero-order valence-corrected chi connectivity index (χ0v) is 12.9. The second-order valence-electron chi connectivity index (χ2n) is 5.70. The molecule has 1 unspecified atom stereocenters. The summed E-state index contributed by atoms with van der Waals surface area (Å²) < 4.78 is 0. The molecule has 2 amide bonds. The van der Waals surface area contributed by atoms with Crippen LogP contribution in [0.25, 0.3) is 0 Å². The fraction of sp³-hybridized carbons (Fsp3) is 0.571. The van der Waals surface area contributed by atoms with Crippen molar-refractivity contribution in [2.24, 2.45) is 5.73 Å². The van der Waals surface area contributed by atoms with Crippen LogP contribution in [0.3, 0.4) is 0 Å². The van der Waals surface area contributed by atoms with E-state index >= 15 is 0 Å². The number of nitrogens with one attached hydrogen (secondary N) is 1. The second-order valence-corrected chi connectivity index (χ2v) is 6.62. The lowest BCUT2D eigenvalue weighted by molar-refractivity contribution is -0.117. The largest absolute Gasteiger partial charge is 0.390 e. The number of primary amides is 1. The van der Waals surface area contributed by atoms with E-state index in [1.165, 1.54) is 11.3 Å². The van der Waals surface area contributed by atoms with E-state index in [1.54, 1.807) is 11.4 Å². The van der Waals surface area contributed by atoms with Gasteiger partial charge in [-0.15, -0.1) is 11.3 Å². The number of carbonyl (C=O) groups excluding carboxylic acids is 2. The van der Waals surface area contributed by atoms with Crippen LogP contribution in [0.4, 0.5) is 5.00 Å². The average Bonchev–Trinajstić information content (AvgIpc) is 2.76. The Balaban J connectivity index is 1.90. The number of nitrogens with zero attached hydrogens (tertiary/aromatic N) is 1. The van der Waals surface area contributed by atoms with Gasteiger partial charge in [-0.3, -0.25) is 14.5 Å². The summed E-state index contributed by atoms with van der Waals surface area (Å²) in [6, 6.07) is 1.60. The molecule has 0 spiro atoms. The molecule has 1 fully saturated rings. The van der Waals surface area contributed by atoms with Crippen molar-refractivity contribution < 1.29 is 14.7 Å². The maximum absolute atomic E-state index is 12.1. The fourth-order valence-corrected chi connectivity index (χ4v) is 3.26. The van der Waals surface area contributed by atoms with Crippen molar-refractivity contribution in [1.82, 2.24) is 4.90 Å². The van der Waals surface area contributed by atoms with Gasteiger partial charge >= 0.3 is 0 Å². The highest BCUT2D eigenvalue weighted by Crippen LogP contribution is 2.23. The van der Waals surface area contributed by atoms with Crippen LogP contribution in [-0.4, -0.2) is 47.1 Å². The van der Waals surface area contributed by atoms with Gasteiger partial charge < -0.3 is 16.2 Å². The third-order valence-corrected chi connectivity index (χ3v) is 4.54. The van der Waals surface area contributed by atoms with Gasteiger partial charge in [-0.1, -0.05) is 0 Å². The van der Waals surface area contributed by atoms with Crippen molar-refractivity contribution in [3.05, 3.63) is 17.0 Å². The molecule has 1 aliphatic heterocycles. The van der Waals surface area contributed by atoms with Gasteiger partial charge in [0.25, 0.3) is 5.91 Å². The summed E-state index contributed by atoms with van der Waals surface area (Å²) in [6.07, 6.45) is 2.28. The predicted molar refractivity (Wildman–Crippen MR) is 82.4 cm³/mol. The zero-order chi connectivity index (χ0) is 15.5. The summed E-state index contributed by atoms with van der Waals surface area (Å²) in [4.78, 5) is 25.3. The highest BCUT2D eigenvalue weighted by Gasteiger charge is 2.25. The zero-order valence-electron chi connectivity index (χ0n) is 12.1. The Morgan fingerprint density at radius 2 is 2.24 bits per heavy atom. The molecule has 1 saturated heterocycles. The monoisotopic (exact) mass is 311 g/mol. The van der Waals surface area contributed by atoms with Crippen LogP contribution in [0, 0.1) is 0 Å². The first-order valence-electron chi connectivity index (χ1n) is 6.99. The minimum atomic E-state index is -0.641. The number of thiophene rings is 1. The first kappa shape index (κ1) is 15.9. The number of likely N-dealkylation sites (tertiary alicyclic amines) is 1. The number of carbonyl (C=O) groups is 2. The SMILES string of the molecule is CC1(O)CCCN(CC(=O)Nc2sccc2C(N)=O)CC1. The van der Waals surface area contributed by atoms with Crippen LogP contribution in [0.2, 0.25) is 0 Å². The van der Waals surface area contributed by atoms with Crippen LogP contribution in [0.5, 0.6) is 0 Å². The lowest BCUT2D eigenvalue weighted by atomic mass is 9.98. The lowest BCUT2D eigenvalue weighted by Crippen LogP contribution is -2.35. The molecule has 1 aromatic rings. The Labute approximate surface area is 127 Å². The quantitative estimate of drug-likeness (QED) is 0.773. The van der Waals surface area contributed by atoms with Gasteiger partial charge in [0.05, 0.1) is 17.7 Å². The molecule has 0 aromatic carbocycles. The van der Waals surface area contributed by atoms with Gasteiger partial charge in [0.15, 0.2) is 0 Å². The van der Waals surface area contributed by atoms with Crippen molar-refractivity contribution in [3.63, 3.8) is 0 Å². The van der Waals surface area contributed by atoms with Crippen LogP contribution >= 0.6 is 11.3 Å². The summed E-state index contributed by atoms with van der Waals surface area (Å²) in [5, 5.41) is 15.0. The van der Waals surface area contributed by atoms with Crippen molar-refractivity contribution >= 4 is 28.2 Å². The molecule has 21 heavy (non-hydrogen) atoms. The van der Waals surface area contributed by atoms with Crippen molar-refractivity contribution in [1.29, 1.82) is 0 Å². The van der Waals surface area contributed by atoms with Gasteiger partial charge in [0.1, 0.15) is 5.00 Å². The van der Waals surface area contributed by atoms with E-state index in [-0.39, 0.29) is 12.5 Å². The Morgan fingerprint density at radius 3 is 2.95 bits per heavy atom. The van der Waals surface area contributed by atoms with E-state index in [0.29, 0.717) is 23.5 Å². The van der Waals surface area contributed by atoms with Crippen LogP contribution in [-0.2, 0) is 4.79 Å². The van der Waals surface area contributed by atoms with Crippen LogP contribution in [0.15, 0.2) is 11.4 Å². The molecular weight excluding hydrogens is 290 g/mol. The maximum atomic E-state index is 12.1. The number of hydrogen-bond acceptors (Lipinski definition) is 5. The summed E-state index contributed by atoms with van der Waals surface area (Å²) in [5.41, 5.74) is 4.95. The van der Waals surface area contributed by atoms with Gasteiger partial charge in [-0.05, 0) is 44.2 Å². The van der Waals surface area contributed by atoms with Crippen molar-refractivity contribution in [3.8, 4) is 0 Å². The molecule has 1 atom stereocenters. The molecule has 4 N–H and O–H groups in total. The first-order chi connectivity index (χ1) is 9.87. The number of aliphatic hydroxyl groups is 1. The summed E-state index contributed by atoms with van der Waals surface area (Å²) >= 11 is 1.28. The van der Waals surface area contributed by atoms with E-state index in [1.807, 2.05) is 11.8 Å². The lowest BCUT2D eigenvalue weighted by Gasteiger charge is -2.22. The van der Waals surface area contributed by atoms with Gasteiger partial charge in [-0.2, -0.15) is 0 Å². The molecule has 116 valence electrons. The number of rotatable bonds is 4. The van der Waals surface area contributed by atoms with E-state index in [0.717, 1.165) is 19.4 Å². The molecule has 1 aliphatic rings. The molecule has 0 aliphatic carbocycles. The van der Waals surface area contributed by atoms with E-state index in [4.69, 9.17) is 5.73 Å². The number of hydrogen-bond donors (Lipinski definition) is 3. The van der Waals surface area contributed by atoms with E-state index in [2.05, 4.69) is 5.32 Å². The molecule has 2 rings (SSSR count). The Morgan fingerprint density at radius 1 is 1.48 bits per heavy atom. The predicted octanol–water partition coefficient (Wildman–Crippen LogP) is 1.02. The average molecular weight is 311 g/mol. The van der Waals surface area contributed by atoms with Gasteiger partial charge in [-0.25, -0.2) is 0 Å². The number of anilines is 1. The van der Waals surface area contributed by atoms with Gasteiger partial charge in [0, 0.05) is 6.54 Å². The maximum Gasteiger partial charge on any atom is 0.251 e. The molecule has 6 nitrogen and oxygen atoms in total. The smallest absolute Gasteiger partial charge is 0.251 e. The van der Waals surface area contributed by atoms with Crippen molar-refractivity contribution in [2.75, 3.05) is 25.0 Å². The second kappa shape index (κ2) is 6.55. The normalized spacial score (nSPS) is 23.5. The molecule has 1 aromatic heterocycles. The van der Waals surface area contributed by atoms with E-state index in [9.17, 15) is 14.7 Å². The standard InChI is InChI=1S/C14H21N3O3S/c1-14(20)4-2-6-17(7-5-14)9-11(18)16-13-10(12(15)19)3-8-21-13/h3,8,20H,2,4-7,9H2,1H3,(H2,15,19)(H,16,18). The minimum absolute atomic E-state index is 0.165. The Kier molecular flexibility index (Phi) is 4.97. The summed E-state index contributed by atoms with van der Waals surface area (Å²) in [5.74, 6) is -0.709. The topological polar surface area (TPSA) is 95.7 Å². The van der Waals surface area contributed by atoms with Crippen molar-refractivity contribution in [2.45, 2.75) is 31.8 Å². The Hall–Kier alpha value is -1.44. The fourth-order valence-electron chi connectivity index (χ4n) is 2.45. The molecule has 0 bridgehead atoms. The molecule has 2 heterocycles. The molecular formula is C14H21N3O3S. The molecule has 7 heteroatoms. The molecule has 0 radical (unpaired) electrons. The number of amides is 2. The highest BCUT2D eigenvalue weighted by molar-refractivity contribution is 7.14. The number of nitrogens with two attached hydrogens (primary N) is 1. The van der Waals surface area contributed by atoms with E-state index < -0.39 is 11.5 Å². The molecule has 0 saturated carbocycles. The first-order valence-corrected chi connectivity index (χ1v) is 7.87. The minimum Gasteiger partial charge on any atom is -0.390 e. The third kappa shape index (κ3) is 4.52.